The van der Waals surface area contributed by atoms with Crippen LogP contribution in [0.4, 0.5) is 0 Å². The molecule has 60 valence electrons. The zero-order valence-electron chi connectivity index (χ0n) is 6.25. The summed E-state index contributed by atoms with van der Waals surface area (Å²) in [4.78, 5) is 12.2. The molecule has 1 heterocycles. The Morgan fingerprint density at radius 3 is 2.80 bits per heavy atom. The maximum Gasteiger partial charge on any atom is 0.209 e. The summed E-state index contributed by atoms with van der Waals surface area (Å²) in [5.74, 6) is 0. The molecule has 1 aliphatic rings. The third-order valence-electron chi connectivity index (χ3n) is 2.03. The van der Waals surface area contributed by atoms with Crippen molar-refractivity contribution < 1.29 is 4.79 Å². The largest absolute Gasteiger partial charge is 0.342 e. The molecule has 0 spiro atoms. The number of likely N-dealkylation sites (tertiary alicyclic amines) is 1. The van der Waals surface area contributed by atoms with E-state index in [0.717, 1.165) is 19.4 Å². The van der Waals surface area contributed by atoms with Gasteiger partial charge in [-0.2, -0.15) is 0 Å². The molecule has 0 bridgehead atoms. The summed E-state index contributed by atoms with van der Waals surface area (Å²) in [6, 6.07) is 0.544. The van der Waals surface area contributed by atoms with E-state index in [1.54, 1.807) is 0 Å². The van der Waals surface area contributed by atoms with Crippen LogP contribution in [0.1, 0.15) is 26.2 Å². The third kappa shape index (κ3) is 1.87. The summed E-state index contributed by atoms with van der Waals surface area (Å²) in [7, 11) is 0. The number of hydrogen-bond acceptors (Lipinski definition) is 1. The highest BCUT2D eigenvalue weighted by Crippen LogP contribution is 2.16. The van der Waals surface area contributed by atoms with Gasteiger partial charge in [0.1, 0.15) is 0 Å². The van der Waals surface area contributed by atoms with Gasteiger partial charge in [-0.1, -0.05) is 6.92 Å². The zero-order valence-corrected chi connectivity index (χ0v) is 7.06. The van der Waals surface area contributed by atoms with Crippen molar-refractivity contribution in [3.63, 3.8) is 0 Å². The average molecular weight is 164 g/mol. The van der Waals surface area contributed by atoms with Crippen LogP contribution < -0.4 is 0 Å². The van der Waals surface area contributed by atoms with Crippen LogP contribution in [0.15, 0.2) is 0 Å². The first-order chi connectivity index (χ1) is 4.38. The van der Waals surface area contributed by atoms with Gasteiger partial charge in [0.05, 0.1) is 0 Å². The van der Waals surface area contributed by atoms with Crippen molar-refractivity contribution in [1.29, 1.82) is 0 Å². The van der Waals surface area contributed by atoms with Gasteiger partial charge in [0.15, 0.2) is 0 Å². The van der Waals surface area contributed by atoms with Crippen molar-refractivity contribution in [2.45, 2.75) is 32.2 Å². The summed E-state index contributed by atoms with van der Waals surface area (Å²) < 4.78 is 0. The predicted octanol–water partition coefficient (Wildman–Crippen LogP) is 1.44. The fourth-order valence-corrected chi connectivity index (χ4v) is 1.44. The molecule has 0 aliphatic carbocycles. The number of amides is 1. The highest BCUT2D eigenvalue weighted by molar-refractivity contribution is 5.85. The molecule has 0 aromatic rings. The minimum Gasteiger partial charge on any atom is -0.342 e. The minimum atomic E-state index is 0. The van der Waals surface area contributed by atoms with E-state index in [4.69, 9.17) is 0 Å². The molecule has 3 heteroatoms. The van der Waals surface area contributed by atoms with Crippen molar-refractivity contribution in [2.75, 3.05) is 6.54 Å². The minimum absolute atomic E-state index is 0. The molecule has 10 heavy (non-hydrogen) atoms. The van der Waals surface area contributed by atoms with E-state index in [-0.39, 0.29) is 12.4 Å². The Balaban J connectivity index is 0.000000810. The van der Waals surface area contributed by atoms with Crippen LogP contribution in [0.2, 0.25) is 0 Å². The van der Waals surface area contributed by atoms with Crippen LogP contribution in [-0.4, -0.2) is 23.9 Å². The van der Waals surface area contributed by atoms with Gasteiger partial charge in [-0.15, -0.1) is 12.4 Å². The van der Waals surface area contributed by atoms with E-state index >= 15 is 0 Å². The van der Waals surface area contributed by atoms with E-state index in [9.17, 15) is 4.79 Å². The van der Waals surface area contributed by atoms with Crippen molar-refractivity contribution in [3.8, 4) is 0 Å². The molecule has 1 saturated heterocycles. The number of carbonyl (C=O) groups is 1. The molecule has 1 fully saturated rings. The number of rotatable bonds is 2. The van der Waals surface area contributed by atoms with E-state index < -0.39 is 0 Å². The lowest BCUT2D eigenvalue weighted by molar-refractivity contribution is -0.118. The third-order valence-corrected chi connectivity index (χ3v) is 2.03. The van der Waals surface area contributed by atoms with Crippen molar-refractivity contribution in [2.24, 2.45) is 0 Å². The molecule has 1 atom stereocenters. The lowest BCUT2D eigenvalue weighted by Crippen LogP contribution is -2.26. The highest BCUT2D eigenvalue weighted by Gasteiger charge is 2.20. The molecule has 1 amide bonds. The molecule has 2 nitrogen and oxygen atoms in total. The van der Waals surface area contributed by atoms with Gasteiger partial charge in [0, 0.05) is 12.6 Å². The Morgan fingerprint density at radius 1 is 1.70 bits per heavy atom. The Hall–Kier alpha value is -0.240. The normalized spacial score (nSPS) is 24.1. The Kier molecular flexibility index (Phi) is 4.45. The number of nitrogens with zero attached hydrogens (tertiary/aromatic N) is 1. The predicted molar refractivity (Wildman–Crippen MR) is 43.3 cm³/mol. The molecule has 0 radical (unpaired) electrons. The van der Waals surface area contributed by atoms with Crippen LogP contribution >= 0.6 is 12.4 Å². The van der Waals surface area contributed by atoms with E-state index in [0.29, 0.717) is 6.04 Å². The fourth-order valence-electron chi connectivity index (χ4n) is 1.44. The van der Waals surface area contributed by atoms with Gasteiger partial charge in [0.2, 0.25) is 6.41 Å². The quantitative estimate of drug-likeness (QED) is 0.565. The Bertz CT molecular complexity index is 108. The Morgan fingerprint density at radius 2 is 2.40 bits per heavy atom. The topological polar surface area (TPSA) is 20.3 Å². The van der Waals surface area contributed by atoms with Gasteiger partial charge in [-0.25, -0.2) is 0 Å². The maximum atomic E-state index is 10.3. The van der Waals surface area contributed by atoms with Crippen molar-refractivity contribution in [1.82, 2.24) is 4.90 Å². The van der Waals surface area contributed by atoms with E-state index in [1.807, 2.05) is 4.90 Å². The van der Waals surface area contributed by atoms with E-state index in [1.165, 1.54) is 12.8 Å². The summed E-state index contributed by atoms with van der Waals surface area (Å²) in [5, 5.41) is 0. The summed E-state index contributed by atoms with van der Waals surface area (Å²) >= 11 is 0. The first kappa shape index (κ1) is 9.76. The summed E-state index contributed by atoms with van der Waals surface area (Å²) in [6.45, 7) is 3.11. The van der Waals surface area contributed by atoms with Gasteiger partial charge in [-0.05, 0) is 19.3 Å². The van der Waals surface area contributed by atoms with Crippen LogP contribution in [0.5, 0.6) is 0 Å². The second-order valence-electron chi connectivity index (χ2n) is 2.55. The molecule has 0 aromatic heterocycles. The monoisotopic (exact) mass is 163 g/mol. The SMILES string of the molecule is CCC1CCCN1C=O.Cl. The van der Waals surface area contributed by atoms with Crippen molar-refractivity contribution >= 4 is 18.8 Å². The maximum absolute atomic E-state index is 10.3. The second-order valence-corrected chi connectivity index (χ2v) is 2.55. The van der Waals surface area contributed by atoms with Crippen LogP contribution in [-0.2, 0) is 4.79 Å². The Labute approximate surface area is 68.0 Å². The first-order valence-electron chi connectivity index (χ1n) is 3.59. The second kappa shape index (κ2) is 4.56. The van der Waals surface area contributed by atoms with E-state index in [2.05, 4.69) is 6.92 Å². The molecule has 1 aliphatic heterocycles. The lowest BCUT2D eigenvalue weighted by atomic mass is 10.2. The van der Waals surface area contributed by atoms with Crippen LogP contribution in [0, 0.1) is 0 Å². The van der Waals surface area contributed by atoms with Crippen molar-refractivity contribution in [3.05, 3.63) is 0 Å². The molecular weight excluding hydrogens is 150 g/mol. The smallest absolute Gasteiger partial charge is 0.209 e. The fraction of sp³-hybridized carbons (Fsp3) is 0.857. The summed E-state index contributed by atoms with van der Waals surface area (Å²) in [5.41, 5.74) is 0. The summed E-state index contributed by atoms with van der Waals surface area (Å²) in [6.07, 6.45) is 4.48. The van der Waals surface area contributed by atoms with Gasteiger partial charge < -0.3 is 4.90 Å². The van der Waals surface area contributed by atoms with Crippen LogP contribution in [0.3, 0.4) is 0 Å². The number of hydrogen-bond donors (Lipinski definition) is 0. The van der Waals surface area contributed by atoms with Crippen LogP contribution in [0.25, 0.3) is 0 Å². The molecular formula is C7H14ClNO. The van der Waals surface area contributed by atoms with Gasteiger partial charge in [0.25, 0.3) is 0 Å². The number of carbonyl (C=O) groups excluding carboxylic acids is 1. The van der Waals surface area contributed by atoms with Gasteiger partial charge in [-0.3, -0.25) is 4.79 Å². The van der Waals surface area contributed by atoms with Gasteiger partial charge >= 0.3 is 0 Å². The number of halogens is 1. The molecule has 1 unspecified atom stereocenters. The standard InChI is InChI=1S/C7H13NO.ClH/c1-2-7-4-3-5-8(7)6-9;/h6-7H,2-5H2,1H3;1H. The molecule has 0 N–H and O–H groups in total. The molecule has 0 aromatic carbocycles. The zero-order chi connectivity index (χ0) is 6.69. The lowest BCUT2D eigenvalue weighted by Gasteiger charge is -2.16. The first-order valence-corrected chi connectivity index (χ1v) is 3.59. The molecule has 0 saturated carbocycles. The average Bonchev–Trinajstić information content (AvgIpc) is 2.33. The molecule has 1 rings (SSSR count). The highest BCUT2D eigenvalue weighted by atomic mass is 35.5.